The van der Waals surface area contributed by atoms with Crippen molar-refractivity contribution in [3.05, 3.63) is 65.5 Å². The van der Waals surface area contributed by atoms with Gasteiger partial charge in [-0.05, 0) is 37.1 Å². The molecule has 2 N–H and O–H groups in total. The van der Waals surface area contributed by atoms with Crippen molar-refractivity contribution in [1.29, 1.82) is 0 Å². The van der Waals surface area contributed by atoms with E-state index in [9.17, 15) is 14.0 Å². The molecule has 0 spiro atoms. The lowest BCUT2D eigenvalue weighted by Crippen LogP contribution is -2.41. The van der Waals surface area contributed by atoms with Crippen LogP contribution in [0.1, 0.15) is 18.1 Å². The lowest BCUT2D eigenvalue weighted by Gasteiger charge is -2.14. The third-order valence-corrected chi connectivity index (χ3v) is 3.32. The molecule has 2 aromatic rings. The number of carbonyl (C=O) groups is 2. The minimum absolute atomic E-state index is 0.0666. The van der Waals surface area contributed by atoms with Gasteiger partial charge in [-0.3, -0.25) is 4.79 Å². The molecule has 0 saturated heterocycles. The summed E-state index contributed by atoms with van der Waals surface area (Å²) < 4.78 is 18.8. The Morgan fingerprint density at radius 2 is 1.88 bits per heavy atom. The number of nitrogens with one attached hydrogen (secondary N) is 2. The second kappa shape index (κ2) is 8.10. The topological polar surface area (TPSA) is 67.4 Å². The fourth-order valence-corrected chi connectivity index (χ4v) is 1.97. The van der Waals surface area contributed by atoms with Crippen molar-refractivity contribution in [2.75, 3.05) is 5.32 Å². The monoisotopic (exact) mass is 330 g/mol. The number of hydrogen-bond donors (Lipinski definition) is 2. The van der Waals surface area contributed by atoms with E-state index in [2.05, 4.69) is 10.6 Å². The Hall–Kier alpha value is -2.89. The fraction of sp³-hybridized carbons (Fsp3) is 0.222. The minimum atomic E-state index is -0.867. The number of alkyl carbamates (subject to hydrolysis) is 1. The Morgan fingerprint density at radius 1 is 1.17 bits per heavy atom. The largest absolute Gasteiger partial charge is 0.445 e. The fourth-order valence-electron chi connectivity index (χ4n) is 1.97. The van der Waals surface area contributed by atoms with Crippen LogP contribution in [0.15, 0.2) is 48.5 Å². The Bertz CT molecular complexity index is 719. The van der Waals surface area contributed by atoms with Gasteiger partial charge in [-0.2, -0.15) is 0 Å². The van der Waals surface area contributed by atoms with E-state index >= 15 is 0 Å². The molecule has 0 saturated carbocycles. The average molecular weight is 330 g/mol. The third-order valence-electron chi connectivity index (χ3n) is 3.32. The second-order valence-corrected chi connectivity index (χ2v) is 5.40. The molecule has 0 aliphatic carbocycles. The van der Waals surface area contributed by atoms with E-state index in [1.54, 1.807) is 13.0 Å². The van der Waals surface area contributed by atoms with Crippen LogP contribution in [0.3, 0.4) is 0 Å². The van der Waals surface area contributed by atoms with E-state index in [0.717, 1.165) is 11.1 Å². The maximum atomic E-state index is 13.7. The Kier molecular flexibility index (Phi) is 5.89. The van der Waals surface area contributed by atoms with E-state index in [1.807, 2.05) is 30.3 Å². The van der Waals surface area contributed by atoms with Crippen molar-refractivity contribution >= 4 is 17.7 Å². The van der Waals surface area contributed by atoms with Crippen molar-refractivity contribution < 1.29 is 18.7 Å². The summed E-state index contributed by atoms with van der Waals surface area (Å²) in [5.74, 6) is -1.06. The Labute approximate surface area is 139 Å². The van der Waals surface area contributed by atoms with Crippen molar-refractivity contribution in [2.24, 2.45) is 0 Å². The van der Waals surface area contributed by atoms with Crippen LogP contribution in [0.25, 0.3) is 0 Å². The number of halogens is 1. The van der Waals surface area contributed by atoms with Gasteiger partial charge >= 0.3 is 6.09 Å². The van der Waals surface area contributed by atoms with Crippen LogP contribution in [0.2, 0.25) is 0 Å². The van der Waals surface area contributed by atoms with Crippen LogP contribution in [-0.4, -0.2) is 18.0 Å². The Balaban J connectivity index is 1.83. The summed E-state index contributed by atoms with van der Waals surface area (Å²) in [6, 6.07) is 12.8. The van der Waals surface area contributed by atoms with Gasteiger partial charge in [-0.1, -0.05) is 36.4 Å². The van der Waals surface area contributed by atoms with E-state index in [-0.39, 0.29) is 12.3 Å². The highest BCUT2D eigenvalue weighted by atomic mass is 19.1. The summed E-state index contributed by atoms with van der Waals surface area (Å²) in [7, 11) is 0. The molecular weight excluding hydrogens is 311 g/mol. The van der Waals surface area contributed by atoms with Crippen molar-refractivity contribution in [1.82, 2.24) is 5.32 Å². The number of ether oxygens (including phenoxy) is 1. The lowest BCUT2D eigenvalue weighted by atomic mass is 10.2. The quantitative estimate of drug-likeness (QED) is 0.883. The molecule has 2 rings (SSSR count). The SMILES string of the molecule is Cc1ccc(NC(=O)C(C)NC(=O)OCc2ccccc2)c(F)c1. The zero-order valence-electron chi connectivity index (χ0n) is 13.5. The minimum Gasteiger partial charge on any atom is -0.445 e. The normalized spacial score (nSPS) is 11.5. The molecule has 0 heterocycles. The maximum Gasteiger partial charge on any atom is 0.408 e. The summed E-state index contributed by atoms with van der Waals surface area (Å²) in [6.07, 6.45) is -0.717. The average Bonchev–Trinajstić information content (AvgIpc) is 2.56. The van der Waals surface area contributed by atoms with Gasteiger partial charge < -0.3 is 15.4 Å². The molecule has 24 heavy (non-hydrogen) atoms. The predicted octanol–water partition coefficient (Wildman–Crippen LogP) is 3.39. The van der Waals surface area contributed by atoms with Gasteiger partial charge in [0.1, 0.15) is 18.5 Å². The highest BCUT2D eigenvalue weighted by molar-refractivity contribution is 5.96. The van der Waals surface area contributed by atoms with Gasteiger partial charge in [0.15, 0.2) is 0 Å². The second-order valence-electron chi connectivity index (χ2n) is 5.40. The predicted molar refractivity (Wildman–Crippen MR) is 89.0 cm³/mol. The van der Waals surface area contributed by atoms with Gasteiger partial charge in [0, 0.05) is 0 Å². The van der Waals surface area contributed by atoms with Gasteiger partial charge in [0.25, 0.3) is 0 Å². The highest BCUT2D eigenvalue weighted by Gasteiger charge is 2.17. The zero-order chi connectivity index (χ0) is 17.5. The van der Waals surface area contributed by atoms with Gasteiger partial charge in [-0.15, -0.1) is 0 Å². The van der Waals surface area contributed by atoms with Crippen molar-refractivity contribution in [2.45, 2.75) is 26.5 Å². The summed E-state index contributed by atoms with van der Waals surface area (Å²) in [6.45, 7) is 3.35. The number of amides is 2. The number of rotatable bonds is 5. The van der Waals surface area contributed by atoms with Crippen LogP contribution in [0.5, 0.6) is 0 Å². The van der Waals surface area contributed by atoms with E-state index in [4.69, 9.17) is 4.74 Å². The molecule has 0 radical (unpaired) electrons. The number of hydrogen-bond acceptors (Lipinski definition) is 3. The molecule has 0 bridgehead atoms. The smallest absolute Gasteiger partial charge is 0.408 e. The van der Waals surface area contributed by atoms with Crippen LogP contribution >= 0.6 is 0 Å². The molecule has 5 nitrogen and oxygen atoms in total. The number of anilines is 1. The van der Waals surface area contributed by atoms with E-state index < -0.39 is 23.9 Å². The van der Waals surface area contributed by atoms with Gasteiger partial charge in [0.2, 0.25) is 5.91 Å². The number of aryl methyl sites for hydroxylation is 1. The van der Waals surface area contributed by atoms with Crippen LogP contribution < -0.4 is 10.6 Å². The maximum absolute atomic E-state index is 13.7. The first-order valence-electron chi connectivity index (χ1n) is 7.50. The summed E-state index contributed by atoms with van der Waals surface area (Å²) in [4.78, 5) is 23.7. The van der Waals surface area contributed by atoms with Crippen LogP contribution in [-0.2, 0) is 16.1 Å². The summed E-state index contributed by atoms with van der Waals surface area (Å²) >= 11 is 0. The van der Waals surface area contributed by atoms with Crippen LogP contribution in [0, 0.1) is 12.7 Å². The van der Waals surface area contributed by atoms with E-state index in [0.29, 0.717) is 0 Å². The molecule has 2 aromatic carbocycles. The van der Waals surface area contributed by atoms with Gasteiger partial charge in [-0.25, -0.2) is 9.18 Å². The molecule has 126 valence electrons. The summed E-state index contributed by atoms with van der Waals surface area (Å²) in [5.41, 5.74) is 1.66. The summed E-state index contributed by atoms with van der Waals surface area (Å²) in [5, 5.41) is 4.84. The first-order chi connectivity index (χ1) is 11.5. The molecule has 0 aliphatic rings. The molecule has 6 heteroatoms. The number of carbonyl (C=O) groups excluding carboxylic acids is 2. The molecule has 2 amide bonds. The van der Waals surface area contributed by atoms with E-state index in [1.165, 1.54) is 19.1 Å². The van der Waals surface area contributed by atoms with Crippen LogP contribution in [0.4, 0.5) is 14.9 Å². The first kappa shape index (κ1) is 17.5. The zero-order valence-corrected chi connectivity index (χ0v) is 13.5. The van der Waals surface area contributed by atoms with Gasteiger partial charge in [0.05, 0.1) is 5.69 Å². The van der Waals surface area contributed by atoms with Crippen molar-refractivity contribution in [3.8, 4) is 0 Å². The molecule has 1 atom stereocenters. The standard InChI is InChI=1S/C18H19FN2O3/c1-12-8-9-16(15(19)10-12)21-17(22)13(2)20-18(23)24-11-14-6-4-3-5-7-14/h3-10,13H,11H2,1-2H3,(H,20,23)(H,21,22). The highest BCUT2D eigenvalue weighted by Crippen LogP contribution is 2.15. The lowest BCUT2D eigenvalue weighted by molar-refractivity contribution is -0.117. The van der Waals surface area contributed by atoms with Crippen molar-refractivity contribution in [3.63, 3.8) is 0 Å². The molecular formula is C18H19FN2O3. The first-order valence-corrected chi connectivity index (χ1v) is 7.50. The molecule has 0 aliphatic heterocycles. The Morgan fingerprint density at radius 3 is 2.54 bits per heavy atom. The molecule has 0 fully saturated rings. The molecule has 1 unspecified atom stereocenters. The molecule has 0 aromatic heterocycles. The third kappa shape index (κ3) is 5.08. The number of benzene rings is 2.